The molecule has 36 valence electrons. The first-order chi connectivity index (χ1) is 0. The Labute approximate surface area is 109 Å². The largest absolute Gasteiger partial charge is 0.316 e. The molecule has 0 amide bonds. The molecule has 0 saturated carbocycles. The summed E-state index contributed by atoms with van der Waals surface area (Å²) >= 11 is 0. The molecule has 6 heteroatoms. The second-order valence-electron chi connectivity index (χ2n) is 0. The van der Waals surface area contributed by atoms with E-state index < -0.39 is 0 Å². The molecule has 0 aliphatic rings. The zero-order valence-electron chi connectivity index (χ0n) is 2.18. The summed E-state index contributed by atoms with van der Waals surface area (Å²) in [5.41, 5.74) is 0. The predicted octanol–water partition coefficient (Wildman–Crippen LogP) is -0.929. The van der Waals surface area contributed by atoms with Crippen LogP contribution in [0.25, 0.3) is 0 Å². The summed E-state index contributed by atoms with van der Waals surface area (Å²) in [4.78, 5) is 0. The maximum atomic E-state index is 0. The molecule has 0 saturated heterocycles. The monoisotopic (exact) mass is 312 g/mol. The van der Waals surface area contributed by atoms with Gasteiger partial charge in [-0.1, -0.05) is 0 Å². The molecule has 0 fully saturated rings. The summed E-state index contributed by atoms with van der Waals surface area (Å²) in [5, 5.41) is 0. The maximum Gasteiger partial charge on any atom is 0.316 e. The smallest absolute Gasteiger partial charge is 0 e. The van der Waals surface area contributed by atoms with E-state index in [-0.39, 0.29) is 111 Å². The average Bonchev–Trinajstić information content (AvgIpc) is 0. The molecule has 0 unspecified atom stereocenters. The van der Waals surface area contributed by atoms with E-state index in [9.17, 15) is 0 Å². The molecule has 0 rings (SSSR count). The van der Waals surface area contributed by atoms with E-state index in [1.165, 1.54) is 0 Å². The summed E-state index contributed by atoms with van der Waals surface area (Å²) in [6.07, 6.45) is 0. The summed E-state index contributed by atoms with van der Waals surface area (Å²) < 4.78 is 0. The van der Waals surface area contributed by atoms with Crippen LogP contribution in [0.2, 0.25) is 0 Å². The van der Waals surface area contributed by atoms with E-state index in [0.717, 1.165) is 0 Å². The van der Waals surface area contributed by atoms with Crippen LogP contribution in [-0.2, 0) is 87.8 Å². The topological polar surface area (TPSA) is 0 Å². The van der Waals surface area contributed by atoms with E-state index in [4.69, 9.17) is 0 Å². The first kappa shape index (κ1) is 56.5. The van der Waals surface area contributed by atoms with Crippen LogP contribution in [0, 0.1) is 0 Å². The van der Waals surface area contributed by atoms with Crippen molar-refractivity contribution in [3.05, 3.63) is 0 Å². The minimum Gasteiger partial charge on any atom is 0 e. The second kappa shape index (κ2) is 39.3. The van der Waals surface area contributed by atoms with Gasteiger partial charge in [-0.2, -0.15) is 0 Å². The average molecular weight is 313 g/mol. The molecule has 0 aliphatic carbocycles. The molecule has 0 aromatic heterocycles. The van der Waals surface area contributed by atoms with Crippen LogP contribution in [-0.4, -0.2) is 23.1 Å². The van der Waals surface area contributed by atoms with E-state index in [1.807, 2.05) is 0 Å². The molecule has 0 bridgehead atoms. The van der Waals surface area contributed by atoms with Gasteiger partial charge < -0.3 is 0 Å². The molecule has 0 N–H and O–H groups in total. The zero-order chi connectivity index (χ0) is 0. The zero-order valence-corrected chi connectivity index (χ0v) is 9.75. The first-order valence-electron chi connectivity index (χ1n) is 0. The third-order valence-corrected chi connectivity index (χ3v) is 0. The van der Waals surface area contributed by atoms with Gasteiger partial charge in [-0.05, 0) is 0 Å². The molecule has 0 aliphatic heterocycles. The first-order valence-corrected chi connectivity index (χ1v) is 0. The molecular weight excluding hydrogens is 311 g/mol. The van der Waals surface area contributed by atoms with E-state index in [1.54, 1.807) is 0 Å². The Hall–Kier alpha value is 3.47. The molecule has 0 aromatic rings. The van der Waals surface area contributed by atoms with Gasteiger partial charge in [-0.25, -0.2) is 0 Å². The Morgan fingerprint density at radius 2 is 1.00 bits per heavy atom. The van der Waals surface area contributed by atoms with Crippen LogP contribution >= 0.6 is 0 Å². The SMILES string of the molecule is [Co].[Cr].[Fe].[MgH2].[Mn].[Zn]. The van der Waals surface area contributed by atoms with Crippen molar-refractivity contribution < 1.29 is 87.8 Å². The summed E-state index contributed by atoms with van der Waals surface area (Å²) in [5.74, 6) is 0. The van der Waals surface area contributed by atoms with Crippen molar-refractivity contribution in [2.45, 2.75) is 0 Å². The van der Waals surface area contributed by atoms with Crippen molar-refractivity contribution in [2.24, 2.45) is 0 Å². The van der Waals surface area contributed by atoms with Gasteiger partial charge in [0, 0.05) is 87.8 Å². The molecule has 0 aromatic carbocycles. The number of hydrogen-bond donors (Lipinski definition) is 0. The molecule has 0 heterocycles. The minimum atomic E-state index is 0. The van der Waals surface area contributed by atoms with Crippen molar-refractivity contribution in [1.82, 2.24) is 0 Å². The number of hydrogen-bond acceptors (Lipinski definition) is 0. The normalized spacial score (nSPS) is 0. The van der Waals surface area contributed by atoms with Crippen LogP contribution in [0.5, 0.6) is 0 Å². The Balaban J connectivity index is 0. The van der Waals surface area contributed by atoms with Gasteiger partial charge in [0.15, 0.2) is 0 Å². The molecule has 2 radical (unpaired) electrons. The van der Waals surface area contributed by atoms with Gasteiger partial charge >= 0.3 is 23.1 Å². The Bertz CT molecular complexity index is 15.5. The van der Waals surface area contributed by atoms with Crippen molar-refractivity contribution in [3.8, 4) is 0 Å². The fourth-order valence-corrected chi connectivity index (χ4v) is 0. The van der Waals surface area contributed by atoms with Crippen molar-refractivity contribution in [2.75, 3.05) is 0 Å². The molecule has 6 heavy (non-hydrogen) atoms. The van der Waals surface area contributed by atoms with Crippen LogP contribution in [0.15, 0.2) is 0 Å². The third kappa shape index (κ3) is 26.0. The summed E-state index contributed by atoms with van der Waals surface area (Å²) in [7, 11) is 0. The van der Waals surface area contributed by atoms with Crippen molar-refractivity contribution >= 4 is 23.1 Å². The van der Waals surface area contributed by atoms with E-state index in [0.29, 0.717) is 0 Å². The third-order valence-electron chi connectivity index (χ3n) is 0. The van der Waals surface area contributed by atoms with Gasteiger partial charge in [0.2, 0.25) is 0 Å². The molecule has 0 atom stereocenters. The van der Waals surface area contributed by atoms with Crippen LogP contribution in [0.1, 0.15) is 0 Å². The summed E-state index contributed by atoms with van der Waals surface area (Å²) in [6.45, 7) is 0. The van der Waals surface area contributed by atoms with Gasteiger partial charge in [0.1, 0.15) is 0 Å². The quantitative estimate of drug-likeness (QED) is 0.507. The van der Waals surface area contributed by atoms with Crippen molar-refractivity contribution in [3.63, 3.8) is 0 Å². The van der Waals surface area contributed by atoms with Gasteiger partial charge in [-0.15, -0.1) is 0 Å². The van der Waals surface area contributed by atoms with Gasteiger partial charge in [0.05, 0.1) is 0 Å². The Morgan fingerprint density at radius 3 is 1.00 bits per heavy atom. The van der Waals surface area contributed by atoms with Crippen LogP contribution in [0.3, 0.4) is 0 Å². The molecular formula is H2CoCrFeMgMnZn. The fraction of sp³-hybridized carbons (Fsp3) is 0. The van der Waals surface area contributed by atoms with Crippen LogP contribution in [0.4, 0.5) is 0 Å². The number of rotatable bonds is 0. The summed E-state index contributed by atoms with van der Waals surface area (Å²) in [6, 6.07) is 0. The predicted molar refractivity (Wildman–Crippen MR) is 8.54 cm³/mol. The maximum absolute atomic E-state index is 0. The van der Waals surface area contributed by atoms with E-state index in [2.05, 4.69) is 0 Å². The fourth-order valence-electron chi connectivity index (χ4n) is 0. The Kier molecular flexibility index (Phi) is 370. The van der Waals surface area contributed by atoms with Gasteiger partial charge in [0.25, 0.3) is 0 Å². The standard InChI is InChI=1S/Co.Cr.Fe.Mg.Mn.Zn.2H. The molecule has 0 spiro atoms. The van der Waals surface area contributed by atoms with Gasteiger partial charge in [-0.3, -0.25) is 0 Å². The Morgan fingerprint density at radius 1 is 1.00 bits per heavy atom. The van der Waals surface area contributed by atoms with E-state index >= 15 is 0 Å². The van der Waals surface area contributed by atoms with Crippen molar-refractivity contribution in [1.29, 1.82) is 0 Å². The second-order valence-corrected chi connectivity index (χ2v) is 0. The molecule has 0 nitrogen and oxygen atoms in total. The van der Waals surface area contributed by atoms with Crippen LogP contribution < -0.4 is 0 Å². The minimum absolute atomic E-state index is 0.